The van der Waals surface area contributed by atoms with Gasteiger partial charge in [0.25, 0.3) is 0 Å². The molecule has 0 aliphatic carbocycles. The molecule has 5 nitrogen and oxygen atoms in total. The number of benzene rings is 1. The molecule has 1 atom stereocenters. The molecule has 1 aromatic carbocycles. The number of aliphatic hydroxyl groups excluding tert-OH is 1. The number of nitrogens with two attached hydrogens (primary N) is 1. The van der Waals surface area contributed by atoms with Crippen molar-refractivity contribution in [1.82, 2.24) is 4.98 Å². The van der Waals surface area contributed by atoms with Gasteiger partial charge in [0, 0.05) is 12.3 Å². The van der Waals surface area contributed by atoms with Gasteiger partial charge in [0.1, 0.15) is 0 Å². The van der Waals surface area contributed by atoms with Gasteiger partial charge in [0.15, 0.2) is 0 Å². The zero-order valence-corrected chi connectivity index (χ0v) is 11.4. The van der Waals surface area contributed by atoms with Crippen LogP contribution in [0.3, 0.4) is 0 Å². The van der Waals surface area contributed by atoms with Crippen LogP contribution in [0.15, 0.2) is 42.6 Å². The highest BCUT2D eigenvalue weighted by atomic mass is 16.5. The Morgan fingerprint density at radius 3 is 2.85 bits per heavy atom. The average Bonchev–Trinajstić information content (AvgIpc) is 2.49. The Kier molecular flexibility index (Phi) is 4.79. The molecular formula is C15H19N3O2. The molecule has 0 aliphatic rings. The van der Waals surface area contributed by atoms with E-state index in [0.717, 1.165) is 11.3 Å². The predicted molar refractivity (Wildman–Crippen MR) is 79.8 cm³/mol. The molecule has 0 radical (unpaired) electrons. The van der Waals surface area contributed by atoms with E-state index in [2.05, 4.69) is 10.3 Å². The summed E-state index contributed by atoms with van der Waals surface area (Å²) in [4.78, 5) is 4.06. The highest BCUT2D eigenvalue weighted by Crippen LogP contribution is 2.19. The zero-order chi connectivity index (χ0) is 14.4. The second kappa shape index (κ2) is 6.77. The van der Waals surface area contributed by atoms with E-state index < -0.39 is 0 Å². The first-order valence-electron chi connectivity index (χ1n) is 6.43. The SMILES string of the molecule is COc1cc(C[C@@H](CO)Nc2ccccc2N)ccn1. The van der Waals surface area contributed by atoms with Gasteiger partial charge in [0.2, 0.25) is 5.88 Å². The fourth-order valence-electron chi connectivity index (χ4n) is 1.98. The maximum absolute atomic E-state index is 9.52. The van der Waals surface area contributed by atoms with Gasteiger partial charge in [-0.25, -0.2) is 4.98 Å². The van der Waals surface area contributed by atoms with Crippen molar-refractivity contribution in [3.05, 3.63) is 48.2 Å². The smallest absolute Gasteiger partial charge is 0.213 e. The van der Waals surface area contributed by atoms with Gasteiger partial charge in [-0.05, 0) is 30.2 Å². The van der Waals surface area contributed by atoms with Gasteiger partial charge >= 0.3 is 0 Å². The van der Waals surface area contributed by atoms with E-state index in [1.807, 2.05) is 36.4 Å². The summed E-state index contributed by atoms with van der Waals surface area (Å²) >= 11 is 0. The van der Waals surface area contributed by atoms with E-state index >= 15 is 0 Å². The van der Waals surface area contributed by atoms with Crippen LogP contribution in [-0.2, 0) is 6.42 Å². The summed E-state index contributed by atoms with van der Waals surface area (Å²) in [5.74, 6) is 0.568. The third-order valence-electron chi connectivity index (χ3n) is 3.03. The lowest BCUT2D eigenvalue weighted by atomic mass is 10.1. The summed E-state index contributed by atoms with van der Waals surface area (Å²) in [6.07, 6.45) is 2.35. The Bertz CT molecular complexity index is 560. The lowest BCUT2D eigenvalue weighted by Crippen LogP contribution is -2.26. The summed E-state index contributed by atoms with van der Waals surface area (Å²) in [6.45, 7) is 0.0129. The molecule has 0 amide bonds. The molecular weight excluding hydrogens is 254 g/mol. The predicted octanol–water partition coefficient (Wildman–Crippen LogP) is 1.69. The second-order valence-corrected chi connectivity index (χ2v) is 4.52. The molecule has 20 heavy (non-hydrogen) atoms. The summed E-state index contributed by atoms with van der Waals surface area (Å²) in [6, 6.07) is 11.1. The lowest BCUT2D eigenvalue weighted by molar-refractivity contribution is 0.273. The van der Waals surface area contributed by atoms with Crippen LogP contribution >= 0.6 is 0 Å². The van der Waals surface area contributed by atoms with E-state index in [0.29, 0.717) is 18.0 Å². The maximum Gasteiger partial charge on any atom is 0.213 e. The monoisotopic (exact) mass is 273 g/mol. The lowest BCUT2D eigenvalue weighted by Gasteiger charge is -2.19. The molecule has 0 unspecified atom stereocenters. The van der Waals surface area contributed by atoms with Crippen LogP contribution in [0.1, 0.15) is 5.56 Å². The molecule has 0 aliphatic heterocycles. The first kappa shape index (κ1) is 14.1. The number of hydrogen-bond donors (Lipinski definition) is 3. The van der Waals surface area contributed by atoms with Crippen LogP contribution in [0.4, 0.5) is 11.4 Å². The molecule has 106 valence electrons. The fourth-order valence-corrected chi connectivity index (χ4v) is 1.98. The van der Waals surface area contributed by atoms with Crippen molar-refractivity contribution >= 4 is 11.4 Å². The van der Waals surface area contributed by atoms with E-state index in [1.54, 1.807) is 13.3 Å². The maximum atomic E-state index is 9.52. The first-order valence-corrected chi connectivity index (χ1v) is 6.43. The van der Waals surface area contributed by atoms with Gasteiger partial charge in [-0.2, -0.15) is 0 Å². The number of nitrogens with one attached hydrogen (secondary N) is 1. The van der Waals surface area contributed by atoms with Gasteiger partial charge in [-0.1, -0.05) is 12.1 Å². The third kappa shape index (κ3) is 3.61. The molecule has 2 rings (SSSR count). The van der Waals surface area contributed by atoms with E-state index in [-0.39, 0.29) is 12.6 Å². The number of para-hydroxylation sites is 2. The second-order valence-electron chi connectivity index (χ2n) is 4.52. The van der Waals surface area contributed by atoms with Crippen molar-refractivity contribution in [2.45, 2.75) is 12.5 Å². The number of hydrogen-bond acceptors (Lipinski definition) is 5. The van der Waals surface area contributed by atoms with Crippen molar-refractivity contribution in [2.75, 3.05) is 24.8 Å². The molecule has 0 saturated heterocycles. The number of aliphatic hydroxyl groups is 1. The normalized spacial score (nSPS) is 11.9. The molecule has 2 aromatic rings. The molecule has 5 heteroatoms. The van der Waals surface area contributed by atoms with E-state index in [4.69, 9.17) is 10.5 Å². The van der Waals surface area contributed by atoms with Gasteiger partial charge in [-0.3, -0.25) is 0 Å². The molecule has 4 N–H and O–H groups in total. The van der Waals surface area contributed by atoms with Crippen LogP contribution in [0.2, 0.25) is 0 Å². The van der Waals surface area contributed by atoms with Crippen LogP contribution in [-0.4, -0.2) is 29.8 Å². The minimum Gasteiger partial charge on any atom is -0.481 e. The highest BCUT2D eigenvalue weighted by molar-refractivity contribution is 5.66. The van der Waals surface area contributed by atoms with Crippen molar-refractivity contribution < 1.29 is 9.84 Å². The number of rotatable bonds is 6. The summed E-state index contributed by atoms with van der Waals surface area (Å²) in [5.41, 5.74) is 8.42. The van der Waals surface area contributed by atoms with Crippen molar-refractivity contribution in [3.63, 3.8) is 0 Å². The topological polar surface area (TPSA) is 80.4 Å². The quantitative estimate of drug-likeness (QED) is 0.698. The number of ether oxygens (including phenoxy) is 1. The minimum absolute atomic E-state index is 0.0129. The number of pyridine rings is 1. The minimum atomic E-state index is -0.119. The van der Waals surface area contributed by atoms with Gasteiger partial charge < -0.3 is 20.9 Å². The Balaban J connectivity index is 2.07. The molecule has 1 aromatic heterocycles. The standard InChI is InChI=1S/C15H19N3O2/c1-20-15-9-11(6-7-17-15)8-12(10-19)18-14-5-3-2-4-13(14)16/h2-7,9,12,18-19H,8,10,16H2,1H3/t12-/m0/s1. The summed E-state index contributed by atoms with van der Waals surface area (Å²) in [7, 11) is 1.58. The van der Waals surface area contributed by atoms with Crippen LogP contribution in [0, 0.1) is 0 Å². The molecule has 0 saturated carbocycles. The average molecular weight is 273 g/mol. The Morgan fingerprint density at radius 2 is 2.15 bits per heavy atom. The number of aromatic nitrogens is 1. The zero-order valence-electron chi connectivity index (χ0n) is 11.4. The van der Waals surface area contributed by atoms with E-state index in [1.165, 1.54) is 0 Å². The van der Waals surface area contributed by atoms with E-state index in [9.17, 15) is 5.11 Å². The van der Waals surface area contributed by atoms with Crippen LogP contribution < -0.4 is 15.8 Å². The number of nitrogen functional groups attached to an aromatic ring is 1. The van der Waals surface area contributed by atoms with Crippen molar-refractivity contribution in [3.8, 4) is 5.88 Å². The largest absolute Gasteiger partial charge is 0.481 e. The number of methoxy groups -OCH3 is 1. The fraction of sp³-hybridized carbons (Fsp3) is 0.267. The van der Waals surface area contributed by atoms with Gasteiger partial charge in [-0.15, -0.1) is 0 Å². The first-order chi connectivity index (χ1) is 9.72. The number of nitrogens with zero attached hydrogens (tertiary/aromatic N) is 1. The van der Waals surface area contributed by atoms with Crippen LogP contribution in [0.25, 0.3) is 0 Å². The van der Waals surface area contributed by atoms with Crippen molar-refractivity contribution in [1.29, 1.82) is 0 Å². The Hall–Kier alpha value is -2.27. The summed E-state index contributed by atoms with van der Waals surface area (Å²) in [5, 5.41) is 12.8. The summed E-state index contributed by atoms with van der Waals surface area (Å²) < 4.78 is 5.09. The van der Waals surface area contributed by atoms with Gasteiger partial charge in [0.05, 0.1) is 31.1 Å². The highest BCUT2D eigenvalue weighted by Gasteiger charge is 2.10. The van der Waals surface area contributed by atoms with Crippen LogP contribution in [0.5, 0.6) is 5.88 Å². The molecule has 1 heterocycles. The Morgan fingerprint density at radius 1 is 1.35 bits per heavy atom. The molecule has 0 fully saturated rings. The molecule has 0 bridgehead atoms. The third-order valence-corrected chi connectivity index (χ3v) is 3.03. The Labute approximate surface area is 118 Å². The molecule has 0 spiro atoms. The number of anilines is 2. The van der Waals surface area contributed by atoms with Crippen molar-refractivity contribution in [2.24, 2.45) is 0 Å².